The number of hydrogen-bond donors (Lipinski definition) is 0. The number of anilines is 1. The quantitative estimate of drug-likeness (QED) is 0.496. The van der Waals surface area contributed by atoms with Crippen LogP contribution in [-0.2, 0) is 4.79 Å². The molecular formula is C28H28FN5O4. The summed E-state index contributed by atoms with van der Waals surface area (Å²) in [7, 11) is 0. The highest BCUT2D eigenvalue weighted by Gasteiger charge is 2.36. The molecule has 3 aliphatic rings. The molecule has 0 atom stereocenters. The Morgan fingerprint density at radius 1 is 0.921 bits per heavy atom. The third kappa shape index (κ3) is 5.11. The maximum atomic E-state index is 13.3. The maximum absolute atomic E-state index is 13.3. The van der Waals surface area contributed by atoms with E-state index < -0.39 is 0 Å². The maximum Gasteiger partial charge on any atom is 0.254 e. The number of aromatic nitrogens is 2. The van der Waals surface area contributed by atoms with Crippen LogP contribution in [0.1, 0.15) is 29.6 Å². The molecule has 0 bridgehead atoms. The van der Waals surface area contributed by atoms with Gasteiger partial charge in [0, 0.05) is 43.3 Å². The SMILES string of the molecule is O=C(CN(C(=O)c1ccc2c(c1)OCO2)C1CC1)N1CCCN(c2ccc(-c3ccc(F)cc3)nn2)CC1. The van der Waals surface area contributed by atoms with Crippen molar-refractivity contribution in [1.82, 2.24) is 20.0 Å². The van der Waals surface area contributed by atoms with Gasteiger partial charge in [-0.1, -0.05) is 0 Å². The van der Waals surface area contributed by atoms with Gasteiger partial charge in [-0.05, 0) is 73.9 Å². The van der Waals surface area contributed by atoms with E-state index in [0.29, 0.717) is 42.4 Å². The van der Waals surface area contributed by atoms with Crippen LogP contribution in [0, 0.1) is 5.82 Å². The topological polar surface area (TPSA) is 88.1 Å². The first-order chi connectivity index (χ1) is 18.5. The standard InChI is InChI=1S/C28H28FN5O4/c29-21-5-2-19(3-6-21)23-9-11-26(31-30-23)32-12-1-13-33(15-14-32)27(35)17-34(22-7-8-22)28(36)20-4-10-24-25(16-20)38-18-37-24/h2-6,9-11,16,22H,1,7-8,12-15,17-18H2. The number of carbonyl (C=O) groups is 2. The number of hydrogen-bond acceptors (Lipinski definition) is 7. The average molecular weight is 518 g/mol. The van der Waals surface area contributed by atoms with Gasteiger partial charge in [-0.15, -0.1) is 10.2 Å². The Labute approximate surface area is 219 Å². The molecular weight excluding hydrogens is 489 g/mol. The molecule has 0 radical (unpaired) electrons. The zero-order valence-electron chi connectivity index (χ0n) is 20.9. The summed E-state index contributed by atoms with van der Waals surface area (Å²) < 4.78 is 24.0. The first-order valence-electron chi connectivity index (χ1n) is 12.9. The van der Waals surface area contributed by atoms with Crippen molar-refractivity contribution in [2.75, 3.05) is 44.4 Å². The predicted molar refractivity (Wildman–Crippen MR) is 137 cm³/mol. The molecule has 1 aliphatic carbocycles. The van der Waals surface area contributed by atoms with E-state index >= 15 is 0 Å². The number of nitrogens with zero attached hydrogens (tertiary/aromatic N) is 5. The molecule has 1 saturated carbocycles. The van der Waals surface area contributed by atoms with Crippen LogP contribution in [0.4, 0.5) is 10.2 Å². The monoisotopic (exact) mass is 517 g/mol. The highest BCUT2D eigenvalue weighted by Crippen LogP contribution is 2.34. The van der Waals surface area contributed by atoms with Gasteiger partial charge in [-0.2, -0.15) is 0 Å². The first-order valence-corrected chi connectivity index (χ1v) is 12.9. The lowest BCUT2D eigenvalue weighted by atomic mass is 10.1. The number of fused-ring (bicyclic) bond motifs is 1. The number of amides is 2. The molecule has 2 fully saturated rings. The fourth-order valence-corrected chi connectivity index (χ4v) is 4.86. The smallest absolute Gasteiger partial charge is 0.254 e. The second-order valence-corrected chi connectivity index (χ2v) is 9.74. The van der Waals surface area contributed by atoms with Gasteiger partial charge in [0.2, 0.25) is 12.7 Å². The summed E-state index contributed by atoms with van der Waals surface area (Å²) >= 11 is 0. The summed E-state index contributed by atoms with van der Waals surface area (Å²) in [6, 6.07) is 15.2. The van der Waals surface area contributed by atoms with Crippen molar-refractivity contribution in [3.05, 3.63) is 66.0 Å². The third-order valence-corrected chi connectivity index (χ3v) is 7.14. The van der Waals surface area contributed by atoms with Crippen LogP contribution in [0.2, 0.25) is 0 Å². The Bertz CT molecular complexity index is 1330. The van der Waals surface area contributed by atoms with Crippen molar-refractivity contribution in [3.63, 3.8) is 0 Å². The van der Waals surface area contributed by atoms with E-state index in [1.165, 1.54) is 12.1 Å². The third-order valence-electron chi connectivity index (χ3n) is 7.14. The van der Waals surface area contributed by atoms with E-state index in [1.54, 1.807) is 35.2 Å². The van der Waals surface area contributed by atoms with Crippen LogP contribution >= 0.6 is 0 Å². The van der Waals surface area contributed by atoms with Gasteiger partial charge in [0.25, 0.3) is 5.91 Å². The Kier molecular flexibility index (Phi) is 6.53. The molecule has 10 heteroatoms. The Balaban J connectivity index is 1.08. The lowest BCUT2D eigenvalue weighted by molar-refractivity contribution is -0.131. The molecule has 1 aromatic heterocycles. The summed E-state index contributed by atoms with van der Waals surface area (Å²) in [4.78, 5) is 32.3. The highest BCUT2D eigenvalue weighted by atomic mass is 19.1. The van der Waals surface area contributed by atoms with Crippen LogP contribution in [0.5, 0.6) is 11.5 Å². The van der Waals surface area contributed by atoms with E-state index in [0.717, 1.165) is 37.2 Å². The minimum atomic E-state index is -0.292. The van der Waals surface area contributed by atoms with Crippen molar-refractivity contribution in [3.8, 4) is 22.8 Å². The molecule has 0 N–H and O–H groups in total. The minimum absolute atomic E-state index is 0.0504. The number of carbonyl (C=O) groups excluding carboxylic acids is 2. The average Bonchev–Trinajstić information content (AvgIpc) is 3.73. The first kappa shape index (κ1) is 24.1. The van der Waals surface area contributed by atoms with E-state index in [4.69, 9.17) is 9.47 Å². The van der Waals surface area contributed by atoms with Gasteiger partial charge >= 0.3 is 0 Å². The second-order valence-electron chi connectivity index (χ2n) is 9.74. The van der Waals surface area contributed by atoms with Crippen LogP contribution in [0.25, 0.3) is 11.3 Å². The lowest BCUT2D eigenvalue weighted by Gasteiger charge is -2.27. The van der Waals surface area contributed by atoms with Gasteiger partial charge < -0.3 is 24.2 Å². The number of halogens is 1. The van der Waals surface area contributed by atoms with Crippen LogP contribution in [0.3, 0.4) is 0 Å². The van der Waals surface area contributed by atoms with Crippen molar-refractivity contribution in [2.24, 2.45) is 0 Å². The summed E-state index contributed by atoms with van der Waals surface area (Å²) in [5.41, 5.74) is 1.97. The molecule has 6 rings (SSSR count). The van der Waals surface area contributed by atoms with Crippen LogP contribution < -0.4 is 14.4 Å². The molecule has 196 valence electrons. The number of benzene rings is 2. The molecule has 2 amide bonds. The van der Waals surface area contributed by atoms with Gasteiger partial charge in [-0.3, -0.25) is 9.59 Å². The summed E-state index contributed by atoms with van der Waals surface area (Å²) in [5, 5.41) is 8.70. The van der Waals surface area contributed by atoms with Crippen molar-refractivity contribution in [2.45, 2.75) is 25.3 Å². The summed E-state index contributed by atoms with van der Waals surface area (Å²) in [6.07, 6.45) is 2.60. The highest BCUT2D eigenvalue weighted by molar-refractivity contribution is 5.97. The molecule has 2 aliphatic heterocycles. The normalized spacial score (nSPS) is 16.8. The molecule has 38 heavy (non-hydrogen) atoms. The van der Waals surface area contributed by atoms with Gasteiger partial charge in [0.15, 0.2) is 17.3 Å². The zero-order valence-corrected chi connectivity index (χ0v) is 20.9. The fraction of sp³-hybridized carbons (Fsp3) is 0.357. The number of ether oxygens (including phenoxy) is 2. The molecule has 2 aromatic carbocycles. The van der Waals surface area contributed by atoms with Crippen LogP contribution in [0.15, 0.2) is 54.6 Å². The second kappa shape index (κ2) is 10.3. The minimum Gasteiger partial charge on any atom is -0.454 e. The molecule has 0 unspecified atom stereocenters. The van der Waals surface area contributed by atoms with E-state index in [-0.39, 0.29) is 37.0 Å². The molecule has 3 heterocycles. The van der Waals surface area contributed by atoms with Gasteiger partial charge in [0.05, 0.1) is 5.69 Å². The van der Waals surface area contributed by atoms with E-state index in [1.807, 2.05) is 17.0 Å². The molecule has 1 saturated heterocycles. The van der Waals surface area contributed by atoms with Crippen LogP contribution in [-0.4, -0.2) is 77.4 Å². The Morgan fingerprint density at radius 3 is 2.50 bits per heavy atom. The summed E-state index contributed by atoms with van der Waals surface area (Å²) in [6.45, 7) is 2.73. The van der Waals surface area contributed by atoms with Crippen molar-refractivity contribution >= 4 is 17.6 Å². The lowest BCUT2D eigenvalue weighted by Crippen LogP contribution is -2.45. The van der Waals surface area contributed by atoms with Gasteiger partial charge in [-0.25, -0.2) is 4.39 Å². The molecule has 9 nitrogen and oxygen atoms in total. The largest absolute Gasteiger partial charge is 0.454 e. The van der Waals surface area contributed by atoms with Crippen molar-refractivity contribution in [1.29, 1.82) is 0 Å². The summed E-state index contributed by atoms with van der Waals surface area (Å²) in [5.74, 6) is 1.42. The van der Waals surface area contributed by atoms with Gasteiger partial charge in [0.1, 0.15) is 12.4 Å². The van der Waals surface area contributed by atoms with Crippen molar-refractivity contribution < 1.29 is 23.5 Å². The molecule has 3 aromatic rings. The fourth-order valence-electron chi connectivity index (χ4n) is 4.86. The Morgan fingerprint density at radius 2 is 1.74 bits per heavy atom. The zero-order chi connectivity index (χ0) is 26.1. The van der Waals surface area contributed by atoms with E-state index in [9.17, 15) is 14.0 Å². The van der Waals surface area contributed by atoms with E-state index in [2.05, 4.69) is 15.1 Å². The predicted octanol–water partition coefficient (Wildman–Crippen LogP) is 3.35. The molecule has 0 spiro atoms. The number of rotatable bonds is 6. The Hall–Kier alpha value is -4.21.